The van der Waals surface area contributed by atoms with Gasteiger partial charge in [-0.05, 0) is 36.8 Å². The fraction of sp³-hybridized carbons (Fsp3) is 0.150. The number of benzene rings is 1. The number of nitrogens with one attached hydrogen (secondary N) is 2. The molecule has 28 heavy (non-hydrogen) atoms. The molecule has 0 aliphatic heterocycles. The molecule has 0 bridgehead atoms. The van der Waals surface area contributed by atoms with Gasteiger partial charge < -0.3 is 19.6 Å². The molecule has 0 saturated heterocycles. The van der Waals surface area contributed by atoms with Gasteiger partial charge in [-0.15, -0.1) is 0 Å². The molecule has 4 rings (SSSR count). The molecule has 7 nitrogen and oxygen atoms in total. The summed E-state index contributed by atoms with van der Waals surface area (Å²) < 4.78 is 7.03. The molecule has 142 valence electrons. The zero-order chi connectivity index (χ0) is 19.7. The molecular weight excluding hydrogens is 376 g/mol. The summed E-state index contributed by atoms with van der Waals surface area (Å²) in [6.45, 7) is 2.15. The first-order chi connectivity index (χ1) is 13.5. The Morgan fingerprint density at radius 2 is 2.07 bits per heavy atom. The van der Waals surface area contributed by atoms with E-state index in [1.165, 1.54) is 17.4 Å². The van der Waals surface area contributed by atoms with Crippen molar-refractivity contribution in [2.24, 2.45) is 0 Å². The first-order valence-electron chi connectivity index (χ1n) is 8.62. The number of aryl methyl sites for hydroxylation is 1. The Hall–Kier alpha value is -3.23. The van der Waals surface area contributed by atoms with Crippen molar-refractivity contribution in [3.05, 3.63) is 75.3 Å². The fourth-order valence-electron chi connectivity index (χ4n) is 3.04. The van der Waals surface area contributed by atoms with Crippen molar-refractivity contribution in [1.29, 1.82) is 0 Å². The Morgan fingerprint density at radius 3 is 2.82 bits per heavy atom. The first-order valence-corrected chi connectivity index (χ1v) is 9.44. The van der Waals surface area contributed by atoms with Crippen LogP contribution in [0.15, 0.2) is 53.6 Å². The minimum absolute atomic E-state index is 0.210. The summed E-state index contributed by atoms with van der Waals surface area (Å²) in [7, 11) is 1.58. The van der Waals surface area contributed by atoms with E-state index in [0.717, 1.165) is 16.1 Å². The highest BCUT2D eigenvalue weighted by atomic mass is 32.1. The van der Waals surface area contributed by atoms with Crippen molar-refractivity contribution in [1.82, 2.24) is 14.5 Å². The maximum absolute atomic E-state index is 12.7. The van der Waals surface area contributed by atoms with Gasteiger partial charge in [0.15, 0.2) is 5.13 Å². The second kappa shape index (κ2) is 7.41. The molecule has 2 N–H and O–H groups in total. The molecule has 0 radical (unpaired) electrons. The van der Waals surface area contributed by atoms with E-state index in [0.29, 0.717) is 28.4 Å². The molecule has 8 heteroatoms. The SMILES string of the molecule is COCc1cc(=O)[nH]c2cc(NC(=O)c3sc(-n4cccc4)nc3C)ccc12. The summed E-state index contributed by atoms with van der Waals surface area (Å²) in [5, 5.41) is 4.50. The third kappa shape index (κ3) is 3.47. The van der Waals surface area contributed by atoms with Gasteiger partial charge in [0.05, 0.1) is 17.8 Å². The van der Waals surface area contributed by atoms with Gasteiger partial charge in [-0.1, -0.05) is 17.4 Å². The van der Waals surface area contributed by atoms with Crippen LogP contribution >= 0.6 is 11.3 Å². The summed E-state index contributed by atoms with van der Waals surface area (Å²) in [6.07, 6.45) is 3.77. The first kappa shape index (κ1) is 18.1. The number of amides is 1. The van der Waals surface area contributed by atoms with Crippen molar-refractivity contribution in [2.45, 2.75) is 13.5 Å². The lowest BCUT2D eigenvalue weighted by molar-refractivity contribution is 0.103. The Bertz CT molecular complexity index is 1210. The number of rotatable bonds is 5. The number of H-pyrrole nitrogens is 1. The predicted molar refractivity (Wildman–Crippen MR) is 109 cm³/mol. The van der Waals surface area contributed by atoms with Crippen LogP contribution in [-0.2, 0) is 11.3 Å². The largest absolute Gasteiger partial charge is 0.380 e. The van der Waals surface area contributed by atoms with Gasteiger partial charge in [-0.2, -0.15) is 0 Å². The monoisotopic (exact) mass is 394 g/mol. The van der Waals surface area contributed by atoms with E-state index >= 15 is 0 Å². The van der Waals surface area contributed by atoms with Crippen molar-refractivity contribution in [2.75, 3.05) is 12.4 Å². The van der Waals surface area contributed by atoms with Crippen molar-refractivity contribution >= 4 is 33.8 Å². The molecule has 0 atom stereocenters. The average Bonchev–Trinajstić information content (AvgIpc) is 3.31. The Morgan fingerprint density at radius 1 is 1.29 bits per heavy atom. The number of pyridine rings is 1. The van der Waals surface area contributed by atoms with E-state index in [4.69, 9.17) is 4.74 Å². The number of aromatic nitrogens is 3. The summed E-state index contributed by atoms with van der Waals surface area (Å²) in [5.74, 6) is -0.233. The number of carbonyl (C=O) groups excluding carboxylic acids is 1. The molecule has 0 unspecified atom stereocenters. The normalized spacial score (nSPS) is 11.1. The van der Waals surface area contributed by atoms with Gasteiger partial charge in [-0.3, -0.25) is 9.59 Å². The van der Waals surface area contributed by atoms with Crippen LogP contribution in [0.1, 0.15) is 20.9 Å². The standard InChI is InChI=1S/C20H18N4O3S/c1-12-18(28-20(21-12)24-7-3-4-8-24)19(26)22-14-5-6-15-13(11-27-2)9-17(25)23-16(15)10-14/h3-10H,11H2,1-2H3,(H,22,26)(H,23,25). The van der Waals surface area contributed by atoms with Gasteiger partial charge in [0.1, 0.15) is 4.88 Å². The van der Waals surface area contributed by atoms with Crippen molar-refractivity contribution in [3.63, 3.8) is 0 Å². The van der Waals surface area contributed by atoms with Gasteiger partial charge >= 0.3 is 0 Å². The van der Waals surface area contributed by atoms with Crippen LogP contribution in [0.25, 0.3) is 16.0 Å². The van der Waals surface area contributed by atoms with Crippen LogP contribution < -0.4 is 10.9 Å². The number of anilines is 1. The number of carbonyl (C=O) groups is 1. The number of methoxy groups -OCH3 is 1. The molecule has 0 aliphatic carbocycles. The van der Waals surface area contributed by atoms with E-state index in [-0.39, 0.29) is 11.5 Å². The maximum atomic E-state index is 12.7. The summed E-state index contributed by atoms with van der Waals surface area (Å²) in [6, 6.07) is 10.7. The lowest BCUT2D eigenvalue weighted by atomic mass is 10.1. The van der Waals surface area contributed by atoms with E-state index in [9.17, 15) is 9.59 Å². The molecule has 0 fully saturated rings. The van der Waals surface area contributed by atoms with Crippen LogP contribution in [-0.4, -0.2) is 27.6 Å². The van der Waals surface area contributed by atoms with Crippen molar-refractivity contribution < 1.29 is 9.53 Å². The van der Waals surface area contributed by atoms with Crippen LogP contribution in [0.3, 0.4) is 0 Å². The molecule has 0 spiro atoms. The third-order valence-electron chi connectivity index (χ3n) is 4.30. The number of hydrogen-bond acceptors (Lipinski definition) is 5. The lowest BCUT2D eigenvalue weighted by Crippen LogP contribution is -2.12. The minimum Gasteiger partial charge on any atom is -0.380 e. The number of nitrogens with zero attached hydrogens (tertiary/aromatic N) is 2. The quantitative estimate of drug-likeness (QED) is 0.542. The molecule has 3 heterocycles. The summed E-state index contributed by atoms with van der Waals surface area (Å²) >= 11 is 1.33. The van der Waals surface area contributed by atoms with Gasteiger partial charge in [0.2, 0.25) is 5.56 Å². The highest BCUT2D eigenvalue weighted by Gasteiger charge is 2.16. The molecule has 1 aromatic carbocycles. The van der Waals surface area contributed by atoms with Crippen LogP contribution in [0.5, 0.6) is 0 Å². The van der Waals surface area contributed by atoms with Crippen LogP contribution in [0.4, 0.5) is 5.69 Å². The number of thiazole rings is 1. The highest BCUT2D eigenvalue weighted by molar-refractivity contribution is 7.16. The van der Waals surface area contributed by atoms with E-state index in [2.05, 4.69) is 15.3 Å². The molecule has 0 saturated carbocycles. The molecule has 3 aromatic heterocycles. The number of hydrogen-bond donors (Lipinski definition) is 2. The van der Waals surface area contributed by atoms with E-state index < -0.39 is 0 Å². The third-order valence-corrected chi connectivity index (χ3v) is 5.47. The number of ether oxygens (including phenoxy) is 1. The van der Waals surface area contributed by atoms with E-state index in [1.807, 2.05) is 42.1 Å². The van der Waals surface area contributed by atoms with Gasteiger partial charge in [-0.25, -0.2) is 4.98 Å². The zero-order valence-corrected chi connectivity index (χ0v) is 16.2. The van der Waals surface area contributed by atoms with Crippen LogP contribution in [0.2, 0.25) is 0 Å². The molecule has 1 amide bonds. The summed E-state index contributed by atoms with van der Waals surface area (Å²) in [4.78, 5) is 32.5. The second-order valence-electron chi connectivity index (χ2n) is 6.31. The van der Waals surface area contributed by atoms with E-state index in [1.54, 1.807) is 19.2 Å². The fourth-order valence-corrected chi connectivity index (χ4v) is 3.97. The average molecular weight is 394 g/mol. The zero-order valence-electron chi connectivity index (χ0n) is 15.4. The maximum Gasteiger partial charge on any atom is 0.267 e. The molecule has 0 aliphatic rings. The van der Waals surface area contributed by atoms with Crippen molar-refractivity contribution in [3.8, 4) is 5.13 Å². The Labute approximate surface area is 164 Å². The smallest absolute Gasteiger partial charge is 0.267 e. The lowest BCUT2D eigenvalue weighted by Gasteiger charge is -2.08. The minimum atomic E-state index is -0.233. The molecular formula is C20H18N4O3S. The second-order valence-corrected chi connectivity index (χ2v) is 7.29. The molecule has 4 aromatic rings. The van der Waals surface area contributed by atoms with Crippen LogP contribution in [0, 0.1) is 6.92 Å². The topological polar surface area (TPSA) is 89.0 Å². The predicted octanol–water partition coefficient (Wildman–Crippen LogP) is 3.48. The number of fused-ring (bicyclic) bond motifs is 1. The highest BCUT2D eigenvalue weighted by Crippen LogP contribution is 2.24. The van der Waals surface area contributed by atoms with Gasteiger partial charge in [0, 0.05) is 36.6 Å². The Balaban J connectivity index is 1.63. The Kier molecular flexibility index (Phi) is 4.81. The number of aromatic amines is 1. The van der Waals surface area contributed by atoms with Gasteiger partial charge in [0.25, 0.3) is 5.91 Å². The summed E-state index contributed by atoms with van der Waals surface area (Å²) in [5.41, 5.74) is 2.50.